The van der Waals surface area contributed by atoms with E-state index in [4.69, 9.17) is 0 Å². The Morgan fingerprint density at radius 3 is 2.47 bits per heavy atom. The molecule has 17 heavy (non-hydrogen) atoms. The van der Waals surface area contributed by atoms with Gasteiger partial charge in [-0.15, -0.1) is 0 Å². The monoisotopic (exact) mass is 236 g/mol. The predicted octanol–water partition coefficient (Wildman–Crippen LogP) is 3.62. The van der Waals surface area contributed by atoms with Crippen LogP contribution in [-0.4, -0.2) is 11.5 Å². The standard InChI is InChI=1S/C13H20N2O2/c1-5-10-6-7-11(8-12(10)15(16)17)14-9-13(2,3)4/h6-8,14H,5,9H2,1-4H3. The van der Waals surface area contributed by atoms with Gasteiger partial charge >= 0.3 is 0 Å². The second-order valence-electron chi connectivity index (χ2n) is 5.37. The first-order chi connectivity index (χ1) is 7.83. The lowest BCUT2D eigenvalue weighted by molar-refractivity contribution is -0.385. The van der Waals surface area contributed by atoms with Gasteiger partial charge in [0, 0.05) is 23.9 Å². The van der Waals surface area contributed by atoms with Gasteiger partial charge < -0.3 is 5.32 Å². The molecular formula is C13H20N2O2. The van der Waals surface area contributed by atoms with Gasteiger partial charge in [-0.2, -0.15) is 0 Å². The summed E-state index contributed by atoms with van der Waals surface area (Å²) >= 11 is 0. The van der Waals surface area contributed by atoms with Crippen LogP contribution >= 0.6 is 0 Å². The molecule has 1 aromatic carbocycles. The van der Waals surface area contributed by atoms with E-state index in [-0.39, 0.29) is 16.0 Å². The summed E-state index contributed by atoms with van der Waals surface area (Å²) in [5.74, 6) is 0. The Bertz CT molecular complexity index is 408. The SMILES string of the molecule is CCc1ccc(NCC(C)(C)C)cc1[N+](=O)[O-]. The van der Waals surface area contributed by atoms with Gasteiger partial charge in [0.2, 0.25) is 0 Å². The minimum absolute atomic E-state index is 0.151. The summed E-state index contributed by atoms with van der Waals surface area (Å²) in [5, 5.41) is 14.1. The minimum atomic E-state index is -0.318. The van der Waals surface area contributed by atoms with E-state index in [1.54, 1.807) is 6.07 Å². The summed E-state index contributed by atoms with van der Waals surface area (Å²) in [7, 11) is 0. The van der Waals surface area contributed by atoms with Crippen molar-refractivity contribution in [1.82, 2.24) is 0 Å². The highest BCUT2D eigenvalue weighted by molar-refractivity contribution is 5.55. The molecule has 4 heteroatoms. The molecular weight excluding hydrogens is 216 g/mol. The highest BCUT2D eigenvalue weighted by Gasteiger charge is 2.14. The fourth-order valence-corrected chi connectivity index (χ4v) is 1.51. The molecule has 0 bridgehead atoms. The fourth-order valence-electron chi connectivity index (χ4n) is 1.51. The van der Waals surface area contributed by atoms with Crippen LogP contribution in [0.15, 0.2) is 18.2 Å². The van der Waals surface area contributed by atoms with Crippen LogP contribution in [0.25, 0.3) is 0 Å². The third-order valence-corrected chi connectivity index (χ3v) is 2.49. The zero-order valence-electron chi connectivity index (χ0n) is 10.9. The molecule has 0 radical (unpaired) electrons. The molecule has 0 fully saturated rings. The van der Waals surface area contributed by atoms with Gasteiger partial charge in [-0.1, -0.05) is 33.8 Å². The molecule has 4 nitrogen and oxygen atoms in total. The van der Waals surface area contributed by atoms with Gasteiger partial charge in [0.25, 0.3) is 5.69 Å². The van der Waals surface area contributed by atoms with Gasteiger partial charge in [0.15, 0.2) is 0 Å². The topological polar surface area (TPSA) is 55.2 Å². The number of nitro groups is 1. The third kappa shape index (κ3) is 4.06. The molecule has 0 saturated heterocycles. The molecule has 0 amide bonds. The van der Waals surface area contributed by atoms with E-state index >= 15 is 0 Å². The van der Waals surface area contributed by atoms with Crippen LogP contribution in [0.1, 0.15) is 33.3 Å². The average Bonchev–Trinajstić information content (AvgIpc) is 2.25. The van der Waals surface area contributed by atoms with Crippen LogP contribution in [0.3, 0.4) is 0 Å². The van der Waals surface area contributed by atoms with Crippen LogP contribution < -0.4 is 5.32 Å². The van der Waals surface area contributed by atoms with Crippen molar-refractivity contribution in [2.45, 2.75) is 34.1 Å². The van der Waals surface area contributed by atoms with E-state index in [9.17, 15) is 10.1 Å². The van der Waals surface area contributed by atoms with E-state index in [0.717, 1.165) is 17.8 Å². The molecule has 0 atom stereocenters. The number of aryl methyl sites for hydroxylation is 1. The van der Waals surface area contributed by atoms with Crippen molar-refractivity contribution in [2.75, 3.05) is 11.9 Å². The van der Waals surface area contributed by atoms with E-state index < -0.39 is 0 Å². The van der Waals surface area contributed by atoms with Crippen LogP contribution in [0.2, 0.25) is 0 Å². The maximum absolute atomic E-state index is 10.9. The normalized spacial score (nSPS) is 11.3. The van der Waals surface area contributed by atoms with Crippen molar-refractivity contribution in [2.24, 2.45) is 5.41 Å². The van der Waals surface area contributed by atoms with Crippen molar-refractivity contribution in [1.29, 1.82) is 0 Å². The first-order valence-electron chi connectivity index (χ1n) is 5.84. The number of rotatable bonds is 4. The summed E-state index contributed by atoms with van der Waals surface area (Å²) in [6.07, 6.45) is 0.676. The first kappa shape index (κ1) is 13.5. The number of hydrogen-bond donors (Lipinski definition) is 1. The molecule has 0 spiro atoms. The van der Waals surface area contributed by atoms with E-state index in [1.165, 1.54) is 0 Å². The predicted molar refractivity (Wildman–Crippen MR) is 70.4 cm³/mol. The van der Waals surface area contributed by atoms with Crippen LogP contribution in [0, 0.1) is 15.5 Å². The summed E-state index contributed by atoms with van der Waals surface area (Å²) in [4.78, 5) is 10.6. The van der Waals surface area contributed by atoms with Crippen LogP contribution in [-0.2, 0) is 6.42 Å². The lowest BCUT2D eigenvalue weighted by Gasteiger charge is -2.19. The van der Waals surface area contributed by atoms with Crippen LogP contribution in [0.4, 0.5) is 11.4 Å². The van der Waals surface area contributed by atoms with Crippen molar-refractivity contribution in [3.05, 3.63) is 33.9 Å². The summed E-state index contributed by atoms with van der Waals surface area (Å²) < 4.78 is 0. The first-order valence-corrected chi connectivity index (χ1v) is 5.84. The Hall–Kier alpha value is -1.58. The van der Waals surface area contributed by atoms with Crippen molar-refractivity contribution in [3.8, 4) is 0 Å². The molecule has 0 saturated carbocycles. The summed E-state index contributed by atoms with van der Waals surface area (Å²) in [6, 6.07) is 5.34. The molecule has 0 aliphatic heterocycles. The number of hydrogen-bond acceptors (Lipinski definition) is 3. The van der Waals surface area contributed by atoms with Gasteiger partial charge in [-0.3, -0.25) is 10.1 Å². The molecule has 0 aliphatic carbocycles. The van der Waals surface area contributed by atoms with E-state index in [0.29, 0.717) is 6.42 Å². The van der Waals surface area contributed by atoms with Crippen molar-refractivity contribution < 1.29 is 4.92 Å². The Balaban J connectivity index is 2.89. The average molecular weight is 236 g/mol. The highest BCUT2D eigenvalue weighted by atomic mass is 16.6. The lowest BCUT2D eigenvalue weighted by atomic mass is 9.97. The van der Waals surface area contributed by atoms with Crippen LogP contribution in [0.5, 0.6) is 0 Å². The van der Waals surface area contributed by atoms with E-state index in [1.807, 2.05) is 19.1 Å². The van der Waals surface area contributed by atoms with Crippen molar-refractivity contribution in [3.63, 3.8) is 0 Å². The fraction of sp³-hybridized carbons (Fsp3) is 0.538. The maximum atomic E-state index is 10.9. The molecule has 1 rings (SSSR count). The Kier molecular flexibility index (Phi) is 4.10. The Labute approximate surface area is 102 Å². The smallest absolute Gasteiger partial charge is 0.274 e. The number of nitrogens with one attached hydrogen (secondary N) is 1. The molecule has 0 aliphatic rings. The second-order valence-corrected chi connectivity index (χ2v) is 5.37. The number of anilines is 1. The number of nitro benzene ring substituents is 1. The van der Waals surface area contributed by atoms with Gasteiger partial charge in [0.05, 0.1) is 4.92 Å². The molecule has 1 aromatic rings. The lowest BCUT2D eigenvalue weighted by Crippen LogP contribution is -2.19. The molecule has 0 unspecified atom stereocenters. The summed E-state index contributed by atoms with van der Waals surface area (Å²) in [5.41, 5.74) is 1.93. The zero-order valence-corrected chi connectivity index (χ0v) is 10.9. The Morgan fingerprint density at radius 1 is 1.35 bits per heavy atom. The zero-order chi connectivity index (χ0) is 13.1. The minimum Gasteiger partial charge on any atom is -0.384 e. The van der Waals surface area contributed by atoms with Gasteiger partial charge in [0.1, 0.15) is 0 Å². The third-order valence-electron chi connectivity index (χ3n) is 2.49. The molecule has 0 aromatic heterocycles. The quantitative estimate of drug-likeness (QED) is 0.641. The highest BCUT2D eigenvalue weighted by Crippen LogP contribution is 2.24. The number of benzene rings is 1. The molecule has 94 valence electrons. The molecule has 1 N–H and O–H groups in total. The largest absolute Gasteiger partial charge is 0.384 e. The van der Waals surface area contributed by atoms with E-state index in [2.05, 4.69) is 26.1 Å². The molecule has 0 heterocycles. The summed E-state index contributed by atoms with van der Waals surface area (Å²) in [6.45, 7) is 9.07. The van der Waals surface area contributed by atoms with Crippen molar-refractivity contribution >= 4 is 11.4 Å². The van der Waals surface area contributed by atoms with Gasteiger partial charge in [-0.25, -0.2) is 0 Å². The second kappa shape index (κ2) is 5.17. The maximum Gasteiger partial charge on any atom is 0.274 e. The Morgan fingerprint density at radius 2 is 2.00 bits per heavy atom. The number of nitrogens with zero attached hydrogens (tertiary/aromatic N) is 1. The van der Waals surface area contributed by atoms with Gasteiger partial charge in [-0.05, 0) is 17.9 Å².